The van der Waals surface area contributed by atoms with E-state index in [1.165, 1.54) is 30.7 Å². The Hall–Kier alpha value is -3.58. The largest absolute Gasteiger partial charge is 0.488 e. The molecule has 2 aromatic carbocycles. The summed E-state index contributed by atoms with van der Waals surface area (Å²) in [7, 11) is 1.60. The molecule has 154 valence electrons. The quantitative estimate of drug-likeness (QED) is 0.559. The number of halogens is 1. The van der Waals surface area contributed by atoms with Gasteiger partial charge in [-0.3, -0.25) is 9.78 Å². The van der Waals surface area contributed by atoms with E-state index in [-0.39, 0.29) is 17.8 Å². The molecule has 0 unspecified atom stereocenters. The second-order valence-electron chi connectivity index (χ2n) is 6.60. The third-order valence-electron chi connectivity index (χ3n) is 4.07. The lowest BCUT2D eigenvalue weighted by Crippen LogP contribution is -2.19. The van der Waals surface area contributed by atoms with Crippen molar-refractivity contribution in [3.05, 3.63) is 83.6 Å². The number of amides is 1. The lowest BCUT2D eigenvalue weighted by atomic mass is 10.1. The Morgan fingerprint density at radius 2 is 1.90 bits per heavy atom. The molecule has 0 aliphatic carbocycles. The van der Waals surface area contributed by atoms with Crippen molar-refractivity contribution >= 4 is 23.9 Å². The first-order valence-electron chi connectivity index (χ1n) is 9.35. The predicted octanol–water partition coefficient (Wildman–Crippen LogP) is 4.45. The first kappa shape index (κ1) is 21.1. The lowest BCUT2D eigenvalue weighted by Gasteiger charge is -2.15. The molecule has 0 spiro atoms. The Morgan fingerprint density at radius 3 is 2.60 bits per heavy atom. The van der Waals surface area contributed by atoms with Gasteiger partial charge in [0.1, 0.15) is 17.7 Å². The van der Waals surface area contributed by atoms with Crippen LogP contribution >= 0.6 is 0 Å². The standard InChI is InChI=1S/C23H22FN3O3/c1-16(15-29-2)30-21-12-18(4-3-17-5-7-20(24)8-6-17)11-19(13-21)23(28)27-22-14-25-9-10-26-22/h3-14,16H,15H2,1-2H3,(H,26,27,28)/t16-/m0/s1. The molecule has 3 rings (SSSR count). The molecule has 0 radical (unpaired) electrons. The van der Waals surface area contributed by atoms with Gasteiger partial charge in [0.15, 0.2) is 5.82 Å². The van der Waals surface area contributed by atoms with E-state index < -0.39 is 0 Å². The number of anilines is 1. The van der Waals surface area contributed by atoms with Crippen LogP contribution in [0.15, 0.2) is 61.1 Å². The molecule has 7 heteroatoms. The van der Waals surface area contributed by atoms with Crippen LogP contribution in [-0.4, -0.2) is 35.7 Å². The van der Waals surface area contributed by atoms with Crippen LogP contribution in [0.3, 0.4) is 0 Å². The highest BCUT2D eigenvalue weighted by molar-refractivity contribution is 6.04. The van der Waals surface area contributed by atoms with E-state index in [0.29, 0.717) is 23.7 Å². The van der Waals surface area contributed by atoms with Gasteiger partial charge in [0.25, 0.3) is 5.91 Å². The molecule has 6 nitrogen and oxygen atoms in total. The summed E-state index contributed by atoms with van der Waals surface area (Å²) < 4.78 is 24.1. The zero-order valence-electron chi connectivity index (χ0n) is 16.7. The maximum absolute atomic E-state index is 13.1. The van der Waals surface area contributed by atoms with Gasteiger partial charge in [-0.15, -0.1) is 0 Å². The van der Waals surface area contributed by atoms with Crippen molar-refractivity contribution < 1.29 is 18.7 Å². The molecule has 0 saturated heterocycles. The number of rotatable bonds is 8. The monoisotopic (exact) mass is 407 g/mol. The van der Waals surface area contributed by atoms with Gasteiger partial charge in [-0.1, -0.05) is 24.3 Å². The second kappa shape index (κ2) is 10.3. The van der Waals surface area contributed by atoms with E-state index in [1.807, 2.05) is 25.1 Å². The summed E-state index contributed by atoms with van der Waals surface area (Å²) in [5.74, 6) is 0.254. The number of nitrogens with one attached hydrogen (secondary N) is 1. The molecule has 3 aromatic rings. The molecule has 1 amide bonds. The van der Waals surface area contributed by atoms with Crippen LogP contribution in [0.4, 0.5) is 10.2 Å². The summed E-state index contributed by atoms with van der Waals surface area (Å²) in [4.78, 5) is 20.7. The summed E-state index contributed by atoms with van der Waals surface area (Å²) in [6, 6.07) is 11.4. The zero-order chi connectivity index (χ0) is 21.3. The van der Waals surface area contributed by atoms with Gasteiger partial charge in [-0.2, -0.15) is 0 Å². The maximum Gasteiger partial charge on any atom is 0.257 e. The van der Waals surface area contributed by atoms with Crippen LogP contribution in [-0.2, 0) is 4.74 Å². The average molecular weight is 407 g/mol. The summed E-state index contributed by atoms with van der Waals surface area (Å²) in [5, 5.41) is 2.71. The minimum absolute atomic E-state index is 0.192. The van der Waals surface area contributed by atoms with Gasteiger partial charge in [0.2, 0.25) is 0 Å². The van der Waals surface area contributed by atoms with Crippen molar-refractivity contribution in [2.24, 2.45) is 0 Å². The molecular weight excluding hydrogens is 385 g/mol. The van der Waals surface area contributed by atoms with Crippen LogP contribution in [0.2, 0.25) is 0 Å². The minimum Gasteiger partial charge on any atom is -0.488 e. The van der Waals surface area contributed by atoms with Crippen LogP contribution in [0.25, 0.3) is 12.2 Å². The Bertz CT molecular complexity index is 1010. The fourth-order valence-electron chi connectivity index (χ4n) is 2.74. The Kier molecular flexibility index (Phi) is 7.24. The predicted molar refractivity (Wildman–Crippen MR) is 114 cm³/mol. The van der Waals surface area contributed by atoms with E-state index in [9.17, 15) is 9.18 Å². The molecule has 1 aromatic heterocycles. The highest BCUT2D eigenvalue weighted by Gasteiger charge is 2.12. The third kappa shape index (κ3) is 6.22. The third-order valence-corrected chi connectivity index (χ3v) is 4.07. The lowest BCUT2D eigenvalue weighted by molar-refractivity contribution is 0.0917. The van der Waals surface area contributed by atoms with Crippen molar-refractivity contribution in [2.75, 3.05) is 19.0 Å². The van der Waals surface area contributed by atoms with Gasteiger partial charge in [0, 0.05) is 25.1 Å². The van der Waals surface area contributed by atoms with Crippen LogP contribution < -0.4 is 10.1 Å². The molecule has 1 atom stereocenters. The smallest absolute Gasteiger partial charge is 0.257 e. The van der Waals surface area contributed by atoms with Gasteiger partial charge in [-0.25, -0.2) is 9.37 Å². The molecule has 0 fully saturated rings. The molecule has 0 aliphatic rings. The molecular formula is C23H22FN3O3. The number of aromatic nitrogens is 2. The molecule has 0 bridgehead atoms. The maximum atomic E-state index is 13.1. The first-order valence-corrected chi connectivity index (χ1v) is 9.35. The Morgan fingerprint density at radius 1 is 1.13 bits per heavy atom. The number of carbonyl (C=O) groups excluding carboxylic acids is 1. The van der Waals surface area contributed by atoms with Crippen molar-refractivity contribution in [3.8, 4) is 5.75 Å². The fourth-order valence-corrected chi connectivity index (χ4v) is 2.74. The molecule has 1 heterocycles. The summed E-state index contributed by atoms with van der Waals surface area (Å²) in [6.07, 6.45) is 7.97. The second-order valence-corrected chi connectivity index (χ2v) is 6.60. The van der Waals surface area contributed by atoms with E-state index in [2.05, 4.69) is 15.3 Å². The normalized spacial score (nSPS) is 12.0. The van der Waals surface area contributed by atoms with Crippen molar-refractivity contribution in [3.63, 3.8) is 0 Å². The highest BCUT2D eigenvalue weighted by atomic mass is 19.1. The zero-order valence-corrected chi connectivity index (χ0v) is 16.7. The number of benzene rings is 2. The SMILES string of the molecule is COC[C@H](C)Oc1cc(C=Cc2ccc(F)cc2)cc(C(=O)Nc2cnccn2)c1. The topological polar surface area (TPSA) is 73.3 Å². The number of nitrogens with zero attached hydrogens (tertiary/aromatic N) is 2. The first-order chi connectivity index (χ1) is 14.5. The number of ether oxygens (including phenoxy) is 2. The van der Waals surface area contributed by atoms with Crippen molar-refractivity contribution in [1.29, 1.82) is 0 Å². The minimum atomic E-state index is -0.336. The summed E-state index contributed by atoms with van der Waals surface area (Å²) >= 11 is 0. The summed E-state index contributed by atoms with van der Waals surface area (Å²) in [5.41, 5.74) is 1.99. The van der Waals surface area contributed by atoms with Crippen LogP contribution in [0.1, 0.15) is 28.4 Å². The van der Waals surface area contributed by atoms with E-state index >= 15 is 0 Å². The van der Waals surface area contributed by atoms with Crippen molar-refractivity contribution in [2.45, 2.75) is 13.0 Å². The molecule has 1 N–H and O–H groups in total. The Labute approximate surface area is 174 Å². The van der Waals surface area contributed by atoms with Gasteiger partial charge in [-0.05, 0) is 48.4 Å². The highest BCUT2D eigenvalue weighted by Crippen LogP contribution is 2.22. The fraction of sp³-hybridized carbons (Fsp3) is 0.174. The average Bonchev–Trinajstić information content (AvgIpc) is 2.74. The van der Waals surface area contributed by atoms with Crippen molar-refractivity contribution in [1.82, 2.24) is 9.97 Å². The van der Waals surface area contributed by atoms with E-state index in [0.717, 1.165) is 11.1 Å². The van der Waals surface area contributed by atoms with Gasteiger partial charge < -0.3 is 14.8 Å². The number of hydrogen-bond acceptors (Lipinski definition) is 5. The van der Waals surface area contributed by atoms with E-state index in [1.54, 1.807) is 31.4 Å². The van der Waals surface area contributed by atoms with Gasteiger partial charge >= 0.3 is 0 Å². The number of carbonyl (C=O) groups is 1. The molecule has 0 saturated carbocycles. The molecule has 0 aliphatic heterocycles. The van der Waals surface area contributed by atoms with Crippen LogP contribution in [0.5, 0.6) is 5.75 Å². The van der Waals surface area contributed by atoms with E-state index in [4.69, 9.17) is 9.47 Å². The number of methoxy groups -OCH3 is 1. The van der Waals surface area contributed by atoms with Crippen LogP contribution in [0, 0.1) is 5.82 Å². The van der Waals surface area contributed by atoms with Gasteiger partial charge in [0.05, 0.1) is 12.8 Å². The number of hydrogen-bond donors (Lipinski definition) is 1. The Balaban J connectivity index is 1.87. The summed E-state index contributed by atoms with van der Waals surface area (Å²) in [6.45, 7) is 2.29. The molecule has 30 heavy (non-hydrogen) atoms.